The van der Waals surface area contributed by atoms with Crippen molar-refractivity contribution in [3.8, 4) is 0 Å². The van der Waals surface area contributed by atoms with E-state index in [1.807, 2.05) is 31.2 Å². The highest BCUT2D eigenvalue weighted by molar-refractivity contribution is 6.31. The van der Waals surface area contributed by atoms with Crippen LogP contribution in [0.4, 0.5) is 5.69 Å². The van der Waals surface area contributed by atoms with Crippen molar-refractivity contribution in [3.05, 3.63) is 63.6 Å². The highest BCUT2D eigenvalue weighted by atomic mass is 35.5. The van der Waals surface area contributed by atoms with Crippen molar-refractivity contribution in [2.24, 2.45) is 5.92 Å². The van der Waals surface area contributed by atoms with Crippen molar-refractivity contribution in [2.45, 2.75) is 19.9 Å². The van der Waals surface area contributed by atoms with E-state index in [1.165, 1.54) is 0 Å². The average molecular weight is 377 g/mol. The summed E-state index contributed by atoms with van der Waals surface area (Å²) in [6.07, 6.45) is 0.207. The van der Waals surface area contributed by atoms with Crippen LogP contribution in [0.1, 0.15) is 17.5 Å². The van der Waals surface area contributed by atoms with Crippen LogP contribution in [0.25, 0.3) is 0 Å². The Morgan fingerprint density at radius 1 is 1.20 bits per heavy atom. The van der Waals surface area contributed by atoms with Gasteiger partial charge in [-0.1, -0.05) is 41.4 Å². The van der Waals surface area contributed by atoms with Crippen LogP contribution in [0, 0.1) is 12.8 Å². The Balaban J connectivity index is 1.64. The summed E-state index contributed by atoms with van der Waals surface area (Å²) in [5, 5.41) is 4.16. The Morgan fingerprint density at radius 3 is 2.64 bits per heavy atom. The van der Waals surface area contributed by atoms with E-state index >= 15 is 0 Å². The fourth-order valence-corrected chi connectivity index (χ4v) is 3.24. The molecule has 0 spiro atoms. The van der Waals surface area contributed by atoms with Crippen molar-refractivity contribution < 1.29 is 9.59 Å². The number of hydrogen-bond acceptors (Lipinski definition) is 2. The molecule has 1 aliphatic rings. The number of amides is 2. The van der Waals surface area contributed by atoms with Crippen LogP contribution >= 0.6 is 23.2 Å². The van der Waals surface area contributed by atoms with E-state index in [0.717, 1.165) is 16.8 Å². The zero-order valence-corrected chi connectivity index (χ0v) is 15.3. The molecule has 1 heterocycles. The number of hydrogen-bond donors (Lipinski definition) is 1. The molecule has 0 aromatic heterocycles. The molecule has 1 fully saturated rings. The van der Waals surface area contributed by atoms with E-state index in [2.05, 4.69) is 5.32 Å². The topological polar surface area (TPSA) is 49.4 Å². The van der Waals surface area contributed by atoms with Crippen molar-refractivity contribution in [3.63, 3.8) is 0 Å². The molecule has 0 saturated carbocycles. The summed E-state index contributed by atoms with van der Waals surface area (Å²) in [5.41, 5.74) is 2.58. The first-order valence-electron chi connectivity index (χ1n) is 8.03. The molecule has 0 bridgehead atoms. The quantitative estimate of drug-likeness (QED) is 0.877. The maximum absolute atomic E-state index is 12.4. The molecule has 6 heteroatoms. The van der Waals surface area contributed by atoms with E-state index < -0.39 is 0 Å². The summed E-state index contributed by atoms with van der Waals surface area (Å²) in [4.78, 5) is 26.4. The number of carbonyl (C=O) groups excluding carboxylic acids is 2. The molecule has 1 aliphatic heterocycles. The van der Waals surface area contributed by atoms with Crippen molar-refractivity contribution in [1.82, 2.24) is 5.32 Å². The molecule has 25 heavy (non-hydrogen) atoms. The van der Waals surface area contributed by atoms with Gasteiger partial charge in [-0.3, -0.25) is 9.59 Å². The third kappa shape index (κ3) is 3.97. The van der Waals surface area contributed by atoms with E-state index in [0.29, 0.717) is 23.1 Å². The summed E-state index contributed by atoms with van der Waals surface area (Å²) < 4.78 is 0. The largest absolute Gasteiger partial charge is 0.352 e. The van der Waals surface area contributed by atoms with Gasteiger partial charge in [0.1, 0.15) is 0 Å². The van der Waals surface area contributed by atoms with Crippen LogP contribution in [-0.4, -0.2) is 18.4 Å². The fourth-order valence-electron chi connectivity index (χ4n) is 2.94. The van der Waals surface area contributed by atoms with Gasteiger partial charge in [-0.05, 0) is 42.3 Å². The van der Waals surface area contributed by atoms with Gasteiger partial charge in [0.15, 0.2) is 0 Å². The van der Waals surface area contributed by atoms with Crippen LogP contribution in [-0.2, 0) is 16.1 Å². The maximum atomic E-state index is 12.4. The first kappa shape index (κ1) is 17.8. The van der Waals surface area contributed by atoms with Gasteiger partial charge in [-0.15, -0.1) is 0 Å². The van der Waals surface area contributed by atoms with E-state index in [4.69, 9.17) is 23.2 Å². The molecule has 0 aliphatic carbocycles. The minimum absolute atomic E-state index is 0.0583. The zero-order chi connectivity index (χ0) is 18.0. The predicted octanol–water partition coefficient (Wildman–Crippen LogP) is 3.97. The predicted molar refractivity (Wildman–Crippen MR) is 99.9 cm³/mol. The van der Waals surface area contributed by atoms with Gasteiger partial charge in [0, 0.05) is 35.2 Å². The van der Waals surface area contributed by atoms with Crippen LogP contribution < -0.4 is 10.2 Å². The lowest BCUT2D eigenvalue weighted by Gasteiger charge is -2.19. The number of rotatable bonds is 4. The molecule has 4 nitrogen and oxygen atoms in total. The lowest BCUT2D eigenvalue weighted by Crippen LogP contribution is -2.32. The highest BCUT2D eigenvalue weighted by Gasteiger charge is 2.35. The first-order chi connectivity index (χ1) is 12.0. The molecule has 1 unspecified atom stereocenters. The standard InChI is InChI=1S/C19H18Cl2N2O2/c1-12-16(21)3-2-4-17(12)23-11-14(9-18(23)24)19(25)22-10-13-5-7-15(20)8-6-13/h2-8,14H,9-11H2,1H3,(H,22,25). The third-order valence-electron chi connectivity index (χ3n) is 4.41. The van der Waals surface area contributed by atoms with Gasteiger partial charge >= 0.3 is 0 Å². The summed E-state index contributed by atoms with van der Waals surface area (Å²) in [6, 6.07) is 12.8. The van der Waals surface area contributed by atoms with Crippen LogP contribution in [0.2, 0.25) is 10.0 Å². The average Bonchev–Trinajstić information content (AvgIpc) is 2.98. The minimum atomic E-state index is -0.363. The fraction of sp³-hybridized carbons (Fsp3) is 0.263. The van der Waals surface area contributed by atoms with Gasteiger partial charge < -0.3 is 10.2 Å². The Labute approximate surface area is 156 Å². The molecule has 2 amide bonds. The molecule has 1 atom stereocenters. The number of benzene rings is 2. The summed E-state index contributed by atoms with van der Waals surface area (Å²) >= 11 is 12.0. The normalized spacial score (nSPS) is 17.0. The van der Waals surface area contributed by atoms with Gasteiger partial charge in [0.25, 0.3) is 0 Å². The summed E-state index contributed by atoms with van der Waals surface area (Å²) in [6.45, 7) is 2.65. The zero-order valence-electron chi connectivity index (χ0n) is 13.8. The second-order valence-corrected chi connectivity index (χ2v) is 6.98. The molecule has 130 valence electrons. The Kier molecular flexibility index (Phi) is 5.30. The molecule has 2 aromatic rings. The number of halogens is 2. The van der Waals surface area contributed by atoms with Crippen molar-refractivity contribution >= 4 is 40.7 Å². The van der Waals surface area contributed by atoms with Crippen molar-refractivity contribution in [1.29, 1.82) is 0 Å². The molecule has 1 saturated heterocycles. The van der Waals surface area contributed by atoms with Crippen LogP contribution in [0.5, 0.6) is 0 Å². The monoisotopic (exact) mass is 376 g/mol. The Morgan fingerprint density at radius 2 is 1.92 bits per heavy atom. The van der Waals surface area contributed by atoms with Crippen LogP contribution in [0.15, 0.2) is 42.5 Å². The summed E-state index contributed by atoms with van der Waals surface area (Å²) in [5.74, 6) is -0.541. The van der Waals surface area contributed by atoms with Crippen molar-refractivity contribution in [2.75, 3.05) is 11.4 Å². The van der Waals surface area contributed by atoms with Gasteiger partial charge in [0.2, 0.25) is 11.8 Å². The second-order valence-electron chi connectivity index (χ2n) is 6.13. The Bertz CT molecular complexity index is 806. The number of nitrogens with zero attached hydrogens (tertiary/aromatic N) is 1. The van der Waals surface area contributed by atoms with E-state index in [-0.39, 0.29) is 24.2 Å². The van der Waals surface area contributed by atoms with Gasteiger partial charge in [0.05, 0.1) is 5.92 Å². The highest BCUT2D eigenvalue weighted by Crippen LogP contribution is 2.31. The number of carbonyl (C=O) groups is 2. The third-order valence-corrected chi connectivity index (χ3v) is 5.07. The molecule has 2 aromatic carbocycles. The number of nitrogens with one attached hydrogen (secondary N) is 1. The number of anilines is 1. The second kappa shape index (κ2) is 7.46. The summed E-state index contributed by atoms with van der Waals surface area (Å²) in [7, 11) is 0. The molecular weight excluding hydrogens is 359 g/mol. The lowest BCUT2D eigenvalue weighted by molar-refractivity contribution is -0.126. The lowest BCUT2D eigenvalue weighted by atomic mass is 10.1. The van der Waals surface area contributed by atoms with Crippen LogP contribution in [0.3, 0.4) is 0 Å². The minimum Gasteiger partial charge on any atom is -0.352 e. The van der Waals surface area contributed by atoms with Gasteiger partial charge in [-0.25, -0.2) is 0 Å². The van der Waals surface area contributed by atoms with Gasteiger partial charge in [-0.2, -0.15) is 0 Å². The maximum Gasteiger partial charge on any atom is 0.227 e. The smallest absolute Gasteiger partial charge is 0.227 e. The molecular formula is C19H18Cl2N2O2. The van der Waals surface area contributed by atoms with E-state index in [9.17, 15) is 9.59 Å². The van der Waals surface area contributed by atoms with E-state index in [1.54, 1.807) is 23.1 Å². The molecule has 1 N–H and O–H groups in total. The first-order valence-corrected chi connectivity index (χ1v) is 8.79. The Hall–Kier alpha value is -2.04. The molecule has 0 radical (unpaired) electrons. The molecule has 3 rings (SSSR count). The SMILES string of the molecule is Cc1c(Cl)cccc1N1CC(C(=O)NCc2ccc(Cl)cc2)CC1=O.